The number of carbonyl (C=O) groups is 1. The molecule has 120 valence electrons. The minimum absolute atomic E-state index is 0.00939. The maximum absolute atomic E-state index is 12.2. The van der Waals surface area contributed by atoms with Crippen molar-refractivity contribution in [1.82, 2.24) is 15.2 Å². The van der Waals surface area contributed by atoms with Crippen molar-refractivity contribution >= 4 is 16.8 Å². The number of aromatic amines is 1. The summed E-state index contributed by atoms with van der Waals surface area (Å²) in [6.07, 6.45) is 2.80. The first-order chi connectivity index (χ1) is 10.7. The Balaban J connectivity index is 1.86. The molecule has 0 aliphatic heterocycles. The van der Waals surface area contributed by atoms with Gasteiger partial charge in [0.2, 0.25) is 5.91 Å². The van der Waals surface area contributed by atoms with Gasteiger partial charge in [0, 0.05) is 30.2 Å². The van der Waals surface area contributed by atoms with Gasteiger partial charge in [-0.1, -0.05) is 25.1 Å². The second-order valence-corrected chi connectivity index (χ2v) is 5.43. The third kappa shape index (κ3) is 3.87. The monoisotopic (exact) mass is 303 g/mol. The zero-order valence-corrected chi connectivity index (χ0v) is 13.3. The second-order valence-electron chi connectivity index (χ2n) is 5.43. The van der Waals surface area contributed by atoms with E-state index in [-0.39, 0.29) is 18.6 Å². The molecule has 1 unspecified atom stereocenters. The zero-order chi connectivity index (χ0) is 15.9. The number of para-hydroxylation sites is 1. The van der Waals surface area contributed by atoms with E-state index in [0.717, 1.165) is 18.5 Å². The molecule has 22 heavy (non-hydrogen) atoms. The van der Waals surface area contributed by atoms with E-state index >= 15 is 0 Å². The highest BCUT2D eigenvalue weighted by atomic mass is 16.3. The molecule has 1 aromatic heterocycles. The first kappa shape index (κ1) is 16.5. The van der Waals surface area contributed by atoms with Crippen molar-refractivity contribution in [3.05, 3.63) is 36.0 Å². The van der Waals surface area contributed by atoms with Crippen molar-refractivity contribution in [3.8, 4) is 0 Å². The van der Waals surface area contributed by atoms with Crippen molar-refractivity contribution in [2.45, 2.75) is 26.3 Å². The number of likely N-dealkylation sites (N-methyl/N-ethyl adjacent to an activating group) is 1. The predicted molar refractivity (Wildman–Crippen MR) is 88.8 cm³/mol. The molecule has 5 nitrogen and oxygen atoms in total. The van der Waals surface area contributed by atoms with Gasteiger partial charge < -0.3 is 15.4 Å². The van der Waals surface area contributed by atoms with Crippen LogP contribution in [0.5, 0.6) is 0 Å². The van der Waals surface area contributed by atoms with E-state index in [4.69, 9.17) is 5.11 Å². The van der Waals surface area contributed by atoms with Gasteiger partial charge in [0.1, 0.15) is 0 Å². The lowest BCUT2D eigenvalue weighted by Gasteiger charge is -2.25. The number of aliphatic hydroxyl groups excluding tert-OH is 1. The number of hydrogen-bond acceptors (Lipinski definition) is 3. The fourth-order valence-electron chi connectivity index (χ4n) is 2.73. The predicted octanol–water partition coefficient (Wildman–Crippen LogP) is 1.53. The van der Waals surface area contributed by atoms with Crippen molar-refractivity contribution in [3.63, 3.8) is 0 Å². The Morgan fingerprint density at radius 1 is 1.41 bits per heavy atom. The van der Waals surface area contributed by atoms with E-state index < -0.39 is 0 Å². The Morgan fingerprint density at radius 3 is 2.91 bits per heavy atom. The van der Waals surface area contributed by atoms with E-state index in [2.05, 4.69) is 16.4 Å². The molecule has 2 rings (SSSR count). The van der Waals surface area contributed by atoms with Crippen molar-refractivity contribution in [2.75, 3.05) is 26.2 Å². The molecular weight excluding hydrogens is 278 g/mol. The van der Waals surface area contributed by atoms with Crippen LogP contribution >= 0.6 is 0 Å². The number of nitrogens with one attached hydrogen (secondary N) is 2. The lowest BCUT2D eigenvalue weighted by atomic mass is 10.1. The summed E-state index contributed by atoms with van der Waals surface area (Å²) in [6, 6.07) is 7.94. The summed E-state index contributed by atoms with van der Waals surface area (Å²) < 4.78 is 0. The molecule has 5 heteroatoms. The minimum atomic E-state index is -0.222. The summed E-state index contributed by atoms with van der Waals surface area (Å²) in [5.74, 6) is 0.00939. The maximum Gasteiger partial charge on any atom is 0.237 e. The van der Waals surface area contributed by atoms with E-state index in [1.807, 2.05) is 43.1 Å². The van der Waals surface area contributed by atoms with Crippen LogP contribution in [0.2, 0.25) is 0 Å². The number of H-pyrrole nitrogens is 1. The Morgan fingerprint density at radius 2 is 2.18 bits per heavy atom. The standard InChI is InChI=1S/C17H25N3O2/c1-3-20(10-11-21)13(2)17(22)18-9-8-14-12-19-16-7-5-4-6-15(14)16/h4-7,12-13,19,21H,3,8-11H2,1-2H3,(H,18,22). The van der Waals surface area contributed by atoms with E-state index in [1.165, 1.54) is 10.9 Å². The number of rotatable bonds is 8. The highest BCUT2D eigenvalue weighted by Gasteiger charge is 2.18. The fraction of sp³-hybridized carbons (Fsp3) is 0.471. The summed E-state index contributed by atoms with van der Waals surface area (Å²) in [4.78, 5) is 17.4. The molecule has 0 saturated heterocycles. The van der Waals surface area contributed by atoms with Gasteiger partial charge in [-0.25, -0.2) is 0 Å². The highest BCUT2D eigenvalue weighted by molar-refractivity contribution is 5.83. The Kier molecular flexibility index (Phi) is 5.98. The summed E-state index contributed by atoms with van der Waals surface area (Å²) in [5.41, 5.74) is 2.34. The topological polar surface area (TPSA) is 68.4 Å². The molecule has 2 aromatic rings. The summed E-state index contributed by atoms with van der Waals surface area (Å²) in [5, 5.41) is 13.2. The van der Waals surface area contributed by atoms with E-state index in [0.29, 0.717) is 13.1 Å². The van der Waals surface area contributed by atoms with Crippen LogP contribution in [-0.2, 0) is 11.2 Å². The average Bonchev–Trinajstić information content (AvgIpc) is 2.95. The number of carbonyl (C=O) groups excluding carboxylic acids is 1. The minimum Gasteiger partial charge on any atom is -0.395 e. The fourth-order valence-corrected chi connectivity index (χ4v) is 2.73. The molecule has 1 atom stereocenters. The smallest absolute Gasteiger partial charge is 0.237 e. The number of nitrogens with zero attached hydrogens (tertiary/aromatic N) is 1. The van der Waals surface area contributed by atoms with Gasteiger partial charge >= 0.3 is 0 Å². The number of benzene rings is 1. The Hall–Kier alpha value is -1.85. The molecular formula is C17H25N3O2. The third-order valence-electron chi connectivity index (χ3n) is 4.09. The quantitative estimate of drug-likeness (QED) is 0.693. The van der Waals surface area contributed by atoms with Crippen LogP contribution < -0.4 is 5.32 Å². The van der Waals surface area contributed by atoms with Crippen LogP contribution in [0.25, 0.3) is 10.9 Å². The summed E-state index contributed by atoms with van der Waals surface area (Å²) in [7, 11) is 0. The van der Waals surface area contributed by atoms with Crippen molar-refractivity contribution in [1.29, 1.82) is 0 Å². The molecule has 3 N–H and O–H groups in total. The largest absolute Gasteiger partial charge is 0.395 e. The average molecular weight is 303 g/mol. The maximum atomic E-state index is 12.2. The van der Waals surface area contributed by atoms with Crippen LogP contribution in [0.15, 0.2) is 30.5 Å². The molecule has 1 amide bonds. The number of hydrogen-bond donors (Lipinski definition) is 3. The van der Waals surface area contributed by atoms with Gasteiger partial charge in [0.15, 0.2) is 0 Å². The van der Waals surface area contributed by atoms with Crippen LogP contribution in [0.1, 0.15) is 19.4 Å². The van der Waals surface area contributed by atoms with E-state index in [1.54, 1.807) is 0 Å². The number of fused-ring (bicyclic) bond motifs is 1. The molecule has 0 aliphatic rings. The van der Waals surface area contributed by atoms with Crippen LogP contribution in [0.3, 0.4) is 0 Å². The molecule has 1 aromatic carbocycles. The van der Waals surface area contributed by atoms with Gasteiger partial charge in [-0.3, -0.25) is 9.69 Å². The Bertz CT molecular complexity index is 609. The van der Waals surface area contributed by atoms with Crippen LogP contribution in [0, 0.1) is 0 Å². The first-order valence-electron chi connectivity index (χ1n) is 7.85. The molecule has 0 radical (unpaired) electrons. The summed E-state index contributed by atoms with van der Waals surface area (Å²) in [6.45, 7) is 5.82. The summed E-state index contributed by atoms with van der Waals surface area (Å²) >= 11 is 0. The molecule has 0 aliphatic carbocycles. The number of amides is 1. The zero-order valence-electron chi connectivity index (χ0n) is 13.3. The lowest BCUT2D eigenvalue weighted by molar-refractivity contribution is -0.125. The third-order valence-corrected chi connectivity index (χ3v) is 4.09. The van der Waals surface area contributed by atoms with E-state index in [9.17, 15) is 4.79 Å². The SMILES string of the molecule is CCN(CCO)C(C)C(=O)NCCc1c[nH]c2ccccc12. The van der Waals surface area contributed by atoms with Gasteiger partial charge in [0.25, 0.3) is 0 Å². The molecule has 0 bridgehead atoms. The number of aliphatic hydroxyl groups is 1. The molecule has 0 saturated carbocycles. The first-order valence-corrected chi connectivity index (χ1v) is 7.85. The van der Waals surface area contributed by atoms with Gasteiger partial charge in [-0.2, -0.15) is 0 Å². The number of aromatic nitrogens is 1. The lowest BCUT2D eigenvalue weighted by Crippen LogP contribution is -2.46. The van der Waals surface area contributed by atoms with Crippen molar-refractivity contribution in [2.24, 2.45) is 0 Å². The highest BCUT2D eigenvalue weighted by Crippen LogP contribution is 2.17. The second kappa shape index (κ2) is 7.96. The van der Waals surface area contributed by atoms with Gasteiger partial charge in [0.05, 0.1) is 12.6 Å². The van der Waals surface area contributed by atoms with Crippen LogP contribution in [-0.4, -0.2) is 53.2 Å². The Labute approximate surface area is 131 Å². The van der Waals surface area contributed by atoms with Crippen molar-refractivity contribution < 1.29 is 9.90 Å². The molecule has 1 heterocycles. The normalized spacial score (nSPS) is 12.7. The van der Waals surface area contributed by atoms with Gasteiger partial charge in [-0.05, 0) is 31.5 Å². The molecule has 0 spiro atoms. The van der Waals surface area contributed by atoms with Crippen LogP contribution in [0.4, 0.5) is 0 Å². The molecule has 0 fully saturated rings. The van der Waals surface area contributed by atoms with Gasteiger partial charge in [-0.15, -0.1) is 0 Å².